The summed E-state index contributed by atoms with van der Waals surface area (Å²) in [5, 5.41) is 1.73. The van der Waals surface area contributed by atoms with Crippen LogP contribution >= 0.6 is 0 Å². The molecule has 3 aromatic heterocycles. The first-order chi connectivity index (χ1) is 32.9. The second-order valence-corrected chi connectivity index (χ2v) is 22.9. The van der Waals surface area contributed by atoms with E-state index in [1.54, 1.807) is 18.3 Å². The van der Waals surface area contributed by atoms with Crippen LogP contribution in [0.3, 0.4) is 0 Å². The largest absolute Gasteiger partial charge is 0.500 e. The number of hydrogen-bond acceptors (Lipinski definition) is 3. The van der Waals surface area contributed by atoms with E-state index in [-0.39, 0.29) is 61.1 Å². The van der Waals surface area contributed by atoms with Gasteiger partial charge in [0.25, 0.3) is 0 Å². The van der Waals surface area contributed by atoms with Crippen molar-refractivity contribution in [3.63, 3.8) is 0 Å². The van der Waals surface area contributed by atoms with Crippen LogP contribution in [0.4, 0.5) is 8.78 Å². The Morgan fingerprint density at radius 2 is 1.55 bits per heavy atom. The molecule has 0 bridgehead atoms. The summed E-state index contributed by atoms with van der Waals surface area (Å²) in [7, 11) is -1.87. The first-order valence-corrected chi connectivity index (χ1v) is 24.9. The first-order valence-electron chi connectivity index (χ1n) is 24.9. The molecule has 6 aromatic carbocycles. The van der Waals surface area contributed by atoms with Crippen molar-refractivity contribution in [3.8, 4) is 39.5 Å². The van der Waals surface area contributed by atoms with Gasteiger partial charge in [-0.25, -0.2) is 4.39 Å². The summed E-state index contributed by atoms with van der Waals surface area (Å²) < 4.78 is 93.5. The fourth-order valence-corrected chi connectivity index (χ4v) is 9.48. The Hall–Kier alpha value is -5.53. The number of nitrogens with zero attached hydrogens (tertiary/aromatic N) is 3. The fourth-order valence-electron chi connectivity index (χ4n) is 8.07. The van der Waals surface area contributed by atoms with Crippen molar-refractivity contribution in [3.05, 3.63) is 167 Å². The number of hydrogen-bond donors (Lipinski definition) is 0. The fraction of sp³-hybridized carbons (Fsp3) is 0.250. The molecular weight excluding hydrogens is 989 g/mol. The van der Waals surface area contributed by atoms with Crippen LogP contribution in [0.15, 0.2) is 126 Å². The maximum absolute atomic E-state index is 15.3. The van der Waals surface area contributed by atoms with Crippen molar-refractivity contribution < 1.29 is 42.9 Å². The van der Waals surface area contributed by atoms with Gasteiger partial charge in [-0.1, -0.05) is 128 Å². The van der Waals surface area contributed by atoms with E-state index in [9.17, 15) is 4.39 Å². The van der Waals surface area contributed by atoms with E-state index in [1.807, 2.05) is 38.1 Å². The summed E-state index contributed by atoms with van der Waals surface area (Å²) in [5.74, 6) is -0.181. The van der Waals surface area contributed by atoms with Gasteiger partial charge < -0.3 is 14.0 Å². The van der Waals surface area contributed by atoms with Gasteiger partial charge in [-0.15, -0.1) is 47.5 Å². The van der Waals surface area contributed by atoms with E-state index in [0.717, 1.165) is 33.0 Å². The van der Waals surface area contributed by atoms with Gasteiger partial charge in [-0.2, -0.15) is 0 Å². The number of para-hydroxylation sites is 2. The average Bonchev–Trinajstić information content (AvgIpc) is 3.87. The molecule has 329 valence electrons. The Morgan fingerprint density at radius 1 is 0.844 bits per heavy atom. The molecule has 3 heterocycles. The minimum absolute atomic E-state index is 0. The Labute approximate surface area is 401 Å². The number of aromatic nitrogens is 3. The molecule has 0 fully saturated rings. The smallest absolute Gasteiger partial charge is 0.126 e. The van der Waals surface area contributed by atoms with Crippen molar-refractivity contribution in [2.75, 3.05) is 0 Å². The Balaban J connectivity index is 0.000000224. The Bertz CT molecular complexity index is 3380. The minimum atomic E-state index is -2.56. The molecule has 9 rings (SSSR count). The van der Waals surface area contributed by atoms with Crippen LogP contribution < -0.4 is 5.19 Å². The number of furan rings is 1. The number of fused-ring (bicyclic) bond motifs is 4. The molecule has 0 unspecified atom stereocenters. The predicted molar refractivity (Wildman–Crippen MR) is 261 cm³/mol. The van der Waals surface area contributed by atoms with Gasteiger partial charge in [0.05, 0.1) is 30.5 Å². The summed E-state index contributed by atoms with van der Waals surface area (Å²) in [6.07, 6.45) is 0.120. The van der Waals surface area contributed by atoms with E-state index < -0.39 is 32.9 Å². The van der Waals surface area contributed by atoms with Crippen LogP contribution in [0.2, 0.25) is 19.6 Å². The molecule has 0 aliphatic rings. The molecule has 9 aromatic rings. The maximum Gasteiger partial charge on any atom is 0.126 e. The van der Waals surface area contributed by atoms with Gasteiger partial charge in [0.1, 0.15) is 11.4 Å². The predicted octanol–water partition coefficient (Wildman–Crippen LogP) is 15.2. The first kappa shape index (κ1) is 37.8. The Kier molecular flexibility index (Phi) is 11.2. The molecule has 8 heteroatoms. The van der Waals surface area contributed by atoms with Crippen molar-refractivity contribution in [2.45, 2.75) is 86.2 Å². The zero-order valence-electron chi connectivity index (χ0n) is 44.5. The standard InChI is InChI=1S/C37H29F2N2O.C19H26NSi.Ir/c1-21(2)28-18-24(23-10-6-5-7-11-23)19-29(22(3)4)35(28)41-32-13-9-8-12-31(32)40-37(41)27-16-17-30(39)34-26-15-14-25(38)20-33(26)42-36(27)34;1-14(2)11-17-12-18(16-9-7-15(3)8-10-16)20-13-19(17)21(4,5)6;/h5-15,17-22H,1-4H3;7-9,12-14H,11H2,1-6H3;/q2*-1;/i;3D3,7D,8D,11D2;. The molecule has 64 heavy (non-hydrogen) atoms. The molecule has 4 nitrogen and oxygen atoms in total. The summed E-state index contributed by atoms with van der Waals surface area (Å²) in [5.41, 5.74) is 9.50. The second kappa shape index (κ2) is 18.9. The molecule has 0 saturated carbocycles. The minimum Gasteiger partial charge on any atom is -0.500 e. The third-order valence-electron chi connectivity index (χ3n) is 11.1. The molecule has 0 amide bonds. The molecule has 0 atom stereocenters. The van der Waals surface area contributed by atoms with E-state index in [2.05, 4.69) is 111 Å². The third kappa shape index (κ3) is 9.33. The van der Waals surface area contributed by atoms with Crippen molar-refractivity contribution in [2.24, 2.45) is 5.92 Å². The van der Waals surface area contributed by atoms with Gasteiger partial charge in [0.2, 0.25) is 0 Å². The van der Waals surface area contributed by atoms with Gasteiger partial charge in [0, 0.05) is 58.9 Å². The topological polar surface area (TPSA) is 43.9 Å². The molecule has 0 spiro atoms. The zero-order valence-corrected chi connectivity index (χ0v) is 40.9. The number of rotatable bonds is 9. The van der Waals surface area contributed by atoms with Crippen molar-refractivity contribution in [1.82, 2.24) is 14.5 Å². The van der Waals surface area contributed by atoms with Gasteiger partial charge in [0.15, 0.2) is 0 Å². The van der Waals surface area contributed by atoms with Gasteiger partial charge >= 0.3 is 0 Å². The van der Waals surface area contributed by atoms with Crippen molar-refractivity contribution in [1.29, 1.82) is 0 Å². The Morgan fingerprint density at radius 3 is 2.20 bits per heavy atom. The number of pyridine rings is 1. The molecule has 1 radical (unpaired) electrons. The quantitative estimate of drug-likeness (QED) is 0.107. The second-order valence-electron chi connectivity index (χ2n) is 17.9. The van der Waals surface area contributed by atoms with Gasteiger partial charge in [-0.3, -0.25) is 9.37 Å². The number of benzene rings is 6. The summed E-state index contributed by atoms with van der Waals surface area (Å²) in [6, 6.07) is 36.7. The van der Waals surface area contributed by atoms with E-state index in [4.69, 9.17) is 19.0 Å². The van der Waals surface area contributed by atoms with Crippen LogP contribution in [0.1, 0.15) is 85.2 Å². The summed E-state index contributed by atoms with van der Waals surface area (Å²) in [4.78, 5) is 9.54. The maximum atomic E-state index is 15.3. The van der Waals surface area contributed by atoms with Crippen LogP contribution in [0.5, 0.6) is 0 Å². The monoisotopic (exact) mass is 1050 g/mol. The molecule has 0 aliphatic heterocycles. The zero-order chi connectivity index (χ0) is 50.8. The van der Waals surface area contributed by atoms with Crippen LogP contribution in [0.25, 0.3) is 72.4 Å². The van der Waals surface area contributed by atoms with Crippen LogP contribution in [0, 0.1) is 36.5 Å². The van der Waals surface area contributed by atoms with Crippen LogP contribution in [-0.2, 0) is 26.5 Å². The van der Waals surface area contributed by atoms with Crippen molar-refractivity contribution >= 4 is 46.2 Å². The van der Waals surface area contributed by atoms with E-state index >= 15 is 4.39 Å². The summed E-state index contributed by atoms with van der Waals surface area (Å²) >= 11 is 0. The SMILES string of the molecule is CC(C)c1cc(-c2ccccc2)cc(C(C)C)c1-n1c(-c2[c-]cc(F)c3c2oc2cc(F)ccc23)nc2ccccc21.[2H]c1[c-]c(-c2cc(C([2H])([2H])C(C)C)c([Si](C)(C)C)cn2)cc([2H])c1C([2H])([2H])[2H].[Ir]. The molecule has 0 aliphatic carbocycles. The number of imidazole rings is 1. The molecular formula is C56H55F2IrN3OSi-2. The third-order valence-corrected chi connectivity index (χ3v) is 13.1. The van der Waals surface area contributed by atoms with E-state index in [0.29, 0.717) is 44.6 Å². The van der Waals surface area contributed by atoms with E-state index in [1.165, 1.54) is 35.4 Å². The van der Waals surface area contributed by atoms with Crippen LogP contribution in [-0.4, -0.2) is 22.6 Å². The molecule has 0 N–H and O–H groups in total. The average molecular weight is 1050 g/mol. The summed E-state index contributed by atoms with van der Waals surface area (Å²) in [6.45, 7) is 16.3. The normalized spacial score (nSPS) is 13.8. The number of halogens is 2. The molecule has 0 saturated heterocycles. The van der Waals surface area contributed by atoms with Gasteiger partial charge in [-0.05, 0) is 99.0 Å².